The Bertz CT molecular complexity index is 360. The van der Waals surface area contributed by atoms with E-state index in [9.17, 15) is 0 Å². The molecular formula is C15H25NO. The van der Waals surface area contributed by atoms with Crippen LogP contribution >= 0.6 is 0 Å². The summed E-state index contributed by atoms with van der Waals surface area (Å²) in [5, 5.41) is 0. The Balaban J connectivity index is 2.99. The topological polar surface area (TPSA) is 35.2 Å². The van der Waals surface area contributed by atoms with E-state index in [1.807, 2.05) is 6.92 Å². The number of benzene rings is 1. The molecule has 0 aromatic heterocycles. The van der Waals surface area contributed by atoms with Gasteiger partial charge in [-0.05, 0) is 37.8 Å². The van der Waals surface area contributed by atoms with Crippen LogP contribution in [0.1, 0.15) is 43.5 Å². The van der Waals surface area contributed by atoms with Crippen LogP contribution in [0.25, 0.3) is 0 Å². The highest BCUT2D eigenvalue weighted by molar-refractivity contribution is 5.33. The van der Waals surface area contributed by atoms with Crippen LogP contribution in [0.3, 0.4) is 0 Å². The van der Waals surface area contributed by atoms with E-state index in [1.54, 1.807) is 0 Å². The quantitative estimate of drug-likeness (QED) is 0.849. The van der Waals surface area contributed by atoms with Crippen LogP contribution in [0.5, 0.6) is 0 Å². The van der Waals surface area contributed by atoms with Gasteiger partial charge in [-0.3, -0.25) is 0 Å². The summed E-state index contributed by atoms with van der Waals surface area (Å²) >= 11 is 0. The molecule has 2 heteroatoms. The third kappa shape index (κ3) is 3.55. The van der Waals surface area contributed by atoms with Crippen molar-refractivity contribution >= 4 is 0 Å². The molecule has 1 rings (SSSR count). The molecule has 17 heavy (non-hydrogen) atoms. The fraction of sp³-hybridized carbons (Fsp3) is 0.600. The van der Waals surface area contributed by atoms with Crippen LogP contribution in [-0.2, 0) is 4.74 Å². The first-order valence-corrected chi connectivity index (χ1v) is 6.41. The van der Waals surface area contributed by atoms with Crippen molar-refractivity contribution in [3.8, 4) is 0 Å². The van der Waals surface area contributed by atoms with Gasteiger partial charge in [0.05, 0.1) is 12.1 Å². The van der Waals surface area contributed by atoms with Gasteiger partial charge in [-0.2, -0.15) is 0 Å². The van der Waals surface area contributed by atoms with Crippen molar-refractivity contribution in [3.05, 3.63) is 34.9 Å². The first-order valence-electron chi connectivity index (χ1n) is 6.41. The van der Waals surface area contributed by atoms with Crippen LogP contribution in [0, 0.1) is 19.8 Å². The Kier molecular flexibility index (Phi) is 5.16. The normalized spacial score (nSPS) is 15.0. The molecule has 1 aromatic carbocycles. The minimum absolute atomic E-state index is 0.0464. The van der Waals surface area contributed by atoms with Crippen LogP contribution < -0.4 is 5.73 Å². The zero-order valence-corrected chi connectivity index (χ0v) is 11.7. The first kappa shape index (κ1) is 14.2. The SMILES string of the molecule is CCOC(C(C)C)C(N)c1cc(C)ccc1C. The van der Waals surface area contributed by atoms with Crippen molar-refractivity contribution in [2.75, 3.05) is 6.61 Å². The Morgan fingerprint density at radius 3 is 2.41 bits per heavy atom. The summed E-state index contributed by atoms with van der Waals surface area (Å²) in [7, 11) is 0. The highest BCUT2D eigenvalue weighted by Crippen LogP contribution is 2.25. The lowest BCUT2D eigenvalue weighted by molar-refractivity contribution is 0.0120. The maximum Gasteiger partial charge on any atom is 0.0790 e. The van der Waals surface area contributed by atoms with Crippen molar-refractivity contribution in [2.45, 2.75) is 46.8 Å². The molecule has 0 aliphatic rings. The lowest BCUT2D eigenvalue weighted by Gasteiger charge is -2.28. The zero-order valence-electron chi connectivity index (χ0n) is 11.7. The molecule has 0 aliphatic carbocycles. The molecule has 0 amide bonds. The van der Waals surface area contributed by atoms with E-state index < -0.39 is 0 Å². The highest BCUT2D eigenvalue weighted by atomic mass is 16.5. The maximum absolute atomic E-state index is 6.37. The second kappa shape index (κ2) is 6.18. The third-order valence-corrected chi connectivity index (χ3v) is 3.16. The summed E-state index contributed by atoms with van der Waals surface area (Å²) in [6, 6.07) is 6.38. The van der Waals surface area contributed by atoms with Crippen LogP contribution in [0.15, 0.2) is 18.2 Å². The van der Waals surface area contributed by atoms with Crippen molar-refractivity contribution in [3.63, 3.8) is 0 Å². The minimum atomic E-state index is -0.0464. The van der Waals surface area contributed by atoms with Gasteiger partial charge in [0.15, 0.2) is 0 Å². The molecule has 0 aliphatic heterocycles. The van der Waals surface area contributed by atoms with Gasteiger partial charge < -0.3 is 10.5 Å². The van der Waals surface area contributed by atoms with Crippen molar-refractivity contribution in [1.82, 2.24) is 0 Å². The van der Waals surface area contributed by atoms with Gasteiger partial charge in [0, 0.05) is 6.61 Å². The highest BCUT2D eigenvalue weighted by Gasteiger charge is 2.24. The molecule has 0 bridgehead atoms. The molecule has 2 unspecified atom stereocenters. The molecule has 2 atom stereocenters. The van der Waals surface area contributed by atoms with E-state index in [4.69, 9.17) is 10.5 Å². The molecule has 0 spiro atoms. The predicted molar refractivity (Wildman–Crippen MR) is 73.1 cm³/mol. The second-order valence-electron chi connectivity index (χ2n) is 5.05. The summed E-state index contributed by atoms with van der Waals surface area (Å²) < 4.78 is 5.79. The Morgan fingerprint density at radius 2 is 1.88 bits per heavy atom. The summed E-state index contributed by atoms with van der Waals surface area (Å²) in [4.78, 5) is 0. The predicted octanol–water partition coefficient (Wildman–Crippen LogP) is 3.36. The van der Waals surface area contributed by atoms with E-state index >= 15 is 0 Å². The van der Waals surface area contributed by atoms with Crippen molar-refractivity contribution in [2.24, 2.45) is 11.7 Å². The summed E-state index contributed by atoms with van der Waals surface area (Å²) in [6.45, 7) is 11.3. The summed E-state index contributed by atoms with van der Waals surface area (Å²) in [6.07, 6.45) is 0.0838. The van der Waals surface area contributed by atoms with Gasteiger partial charge in [-0.15, -0.1) is 0 Å². The van der Waals surface area contributed by atoms with Crippen molar-refractivity contribution in [1.29, 1.82) is 0 Å². The molecule has 96 valence electrons. The fourth-order valence-electron chi connectivity index (χ4n) is 2.20. The lowest BCUT2D eigenvalue weighted by atomic mass is 9.90. The van der Waals surface area contributed by atoms with Gasteiger partial charge in [0.1, 0.15) is 0 Å². The summed E-state index contributed by atoms with van der Waals surface area (Å²) in [5.41, 5.74) is 10.1. The number of rotatable bonds is 5. The smallest absolute Gasteiger partial charge is 0.0790 e. The Labute approximate surface area is 105 Å². The standard InChI is InChI=1S/C15H25NO/c1-6-17-15(10(2)3)14(16)13-9-11(4)7-8-12(13)5/h7-10,14-15H,6,16H2,1-5H3. The van der Waals surface area contributed by atoms with Gasteiger partial charge in [0.2, 0.25) is 0 Å². The van der Waals surface area contributed by atoms with E-state index in [-0.39, 0.29) is 12.1 Å². The van der Waals surface area contributed by atoms with E-state index in [0.29, 0.717) is 12.5 Å². The number of ether oxygens (including phenoxy) is 1. The molecule has 0 radical (unpaired) electrons. The second-order valence-corrected chi connectivity index (χ2v) is 5.05. The molecule has 0 saturated carbocycles. The molecule has 0 fully saturated rings. The summed E-state index contributed by atoms with van der Waals surface area (Å²) in [5.74, 6) is 0.421. The zero-order chi connectivity index (χ0) is 13.0. The fourth-order valence-corrected chi connectivity index (χ4v) is 2.20. The minimum Gasteiger partial charge on any atom is -0.376 e. The van der Waals surface area contributed by atoms with Crippen LogP contribution in [-0.4, -0.2) is 12.7 Å². The van der Waals surface area contributed by atoms with Crippen LogP contribution in [0.2, 0.25) is 0 Å². The van der Waals surface area contributed by atoms with Crippen molar-refractivity contribution < 1.29 is 4.74 Å². The number of hydrogen-bond acceptors (Lipinski definition) is 2. The van der Waals surface area contributed by atoms with Gasteiger partial charge in [0.25, 0.3) is 0 Å². The number of nitrogens with two attached hydrogens (primary N) is 1. The first-order chi connectivity index (χ1) is 7.97. The Morgan fingerprint density at radius 1 is 1.24 bits per heavy atom. The van der Waals surface area contributed by atoms with E-state index in [1.165, 1.54) is 16.7 Å². The molecule has 0 heterocycles. The lowest BCUT2D eigenvalue weighted by Crippen LogP contribution is -2.34. The van der Waals surface area contributed by atoms with Gasteiger partial charge in [-0.1, -0.05) is 37.6 Å². The molecule has 1 aromatic rings. The average molecular weight is 235 g/mol. The molecule has 2 nitrogen and oxygen atoms in total. The van der Waals surface area contributed by atoms with Gasteiger partial charge in [-0.25, -0.2) is 0 Å². The average Bonchev–Trinajstić information content (AvgIpc) is 2.28. The van der Waals surface area contributed by atoms with E-state index in [2.05, 4.69) is 45.9 Å². The Hall–Kier alpha value is -0.860. The maximum atomic E-state index is 6.37. The van der Waals surface area contributed by atoms with E-state index in [0.717, 1.165) is 0 Å². The number of hydrogen-bond donors (Lipinski definition) is 1. The monoisotopic (exact) mass is 235 g/mol. The van der Waals surface area contributed by atoms with Gasteiger partial charge >= 0.3 is 0 Å². The molecule has 0 saturated heterocycles. The largest absolute Gasteiger partial charge is 0.376 e. The molecule has 2 N–H and O–H groups in total. The third-order valence-electron chi connectivity index (χ3n) is 3.16. The number of aryl methyl sites for hydroxylation is 2. The van der Waals surface area contributed by atoms with Crippen LogP contribution in [0.4, 0.5) is 0 Å². The molecular weight excluding hydrogens is 210 g/mol.